The standard InChI is InChI=1S/C15H24N2O3/c1-11(2)16-7-12-4-3-5-17(8-12)9-13-6-14(18)15(19)10-20-13/h6,10-12,16,19H,3-5,7-9H2,1-2H3. The molecule has 1 unspecified atom stereocenters. The van der Waals surface area contributed by atoms with Crippen LogP contribution in [0.2, 0.25) is 0 Å². The predicted octanol–water partition coefficient (Wildman–Crippen LogP) is 1.56. The van der Waals surface area contributed by atoms with E-state index < -0.39 is 0 Å². The summed E-state index contributed by atoms with van der Waals surface area (Å²) in [5, 5.41) is 12.7. The van der Waals surface area contributed by atoms with Gasteiger partial charge in [0.25, 0.3) is 0 Å². The largest absolute Gasteiger partial charge is 0.502 e. The Hall–Kier alpha value is -1.33. The zero-order valence-electron chi connectivity index (χ0n) is 12.3. The highest BCUT2D eigenvalue weighted by Gasteiger charge is 2.20. The van der Waals surface area contributed by atoms with Crippen molar-refractivity contribution < 1.29 is 9.52 Å². The fourth-order valence-electron chi connectivity index (χ4n) is 2.61. The molecular weight excluding hydrogens is 256 g/mol. The summed E-state index contributed by atoms with van der Waals surface area (Å²) in [6.07, 6.45) is 3.54. The molecule has 0 bridgehead atoms. The minimum Gasteiger partial charge on any atom is -0.502 e. The van der Waals surface area contributed by atoms with E-state index in [9.17, 15) is 9.90 Å². The molecule has 1 aromatic rings. The molecule has 20 heavy (non-hydrogen) atoms. The molecular formula is C15H24N2O3. The van der Waals surface area contributed by atoms with Crippen molar-refractivity contribution in [3.63, 3.8) is 0 Å². The van der Waals surface area contributed by atoms with Gasteiger partial charge in [0.05, 0.1) is 6.54 Å². The highest BCUT2D eigenvalue weighted by Crippen LogP contribution is 2.18. The summed E-state index contributed by atoms with van der Waals surface area (Å²) in [4.78, 5) is 13.7. The maximum atomic E-state index is 11.4. The molecule has 2 rings (SSSR count). The predicted molar refractivity (Wildman–Crippen MR) is 77.8 cm³/mol. The van der Waals surface area contributed by atoms with Gasteiger partial charge < -0.3 is 14.8 Å². The Morgan fingerprint density at radius 1 is 1.55 bits per heavy atom. The summed E-state index contributed by atoms with van der Waals surface area (Å²) >= 11 is 0. The number of hydrogen-bond acceptors (Lipinski definition) is 5. The highest BCUT2D eigenvalue weighted by atomic mass is 16.4. The van der Waals surface area contributed by atoms with Gasteiger partial charge in [0.2, 0.25) is 5.43 Å². The van der Waals surface area contributed by atoms with Gasteiger partial charge in [0.1, 0.15) is 12.0 Å². The van der Waals surface area contributed by atoms with Crippen molar-refractivity contribution in [3.8, 4) is 5.75 Å². The van der Waals surface area contributed by atoms with E-state index in [1.807, 2.05) is 0 Å². The number of hydrogen-bond donors (Lipinski definition) is 2. The molecule has 1 aromatic heterocycles. The Bertz CT molecular complexity index is 484. The summed E-state index contributed by atoms with van der Waals surface area (Å²) in [5.41, 5.74) is -0.374. The second kappa shape index (κ2) is 6.90. The lowest BCUT2D eigenvalue weighted by Gasteiger charge is -2.32. The van der Waals surface area contributed by atoms with Crippen molar-refractivity contribution >= 4 is 0 Å². The van der Waals surface area contributed by atoms with Crippen molar-refractivity contribution in [3.05, 3.63) is 28.3 Å². The van der Waals surface area contributed by atoms with Crippen LogP contribution < -0.4 is 10.7 Å². The monoisotopic (exact) mass is 280 g/mol. The Morgan fingerprint density at radius 3 is 3.05 bits per heavy atom. The number of rotatable bonds is 5. The van der Waals surface area contributed by atoms with E-state index in [1.54, 1.807) is 0 Å². The Balaban J connectivity index is 1.89. The first-order chi connectivity index (χ1) is 9.54. The van der Waals surface area contributed by atoms with Gasteiger partial charge in [-0.3, -0.25) is 9.69 Å². The number of aromatic hydroxyl groups is 1. The van der Waals surface area contributed by atoms with Crippen LogP contribution in [0, 0.1) is 5.92 Å². The van der Waals surface area contributed by atoms with Crippen LogP contribution in [0.4, 0.5) is 0 Å². The topological polar surface area (TPSA) is 65.7 Å². The van der Waals surface area contributed by atoms with Gasteiger partial charge in [0, 0.05) is 18.7 Å². The molecule has 0 aromatic carbocycles. The molecule has 1 saturated heterocycles. The number of piperidine rings is 1. The van der Waals surface area contributed by atoms with Crippen molar-refractivity contribution in [2.75, 3.05) is 19.6 Å². The normalized spacial score (nSPS) is 20.4. The molecule has 1 aliphatic rings. The average molecular weight is 280 g/mol. The lowest BCUT2D eigenvalue weighted by atomic mass is 9.97. The second-order valence-electron chi connectivity index (χ2n) is 5.90. The van der Waals surface area contributed by atoms with Crippen LogP contribution >= 0.6 is 0 Å². The maximum absolute atomic E-state index is 11.4. The first-order valence-corrected chi connectivity index (χ1v) is 7.31. The quantitative estimate of drug-likeness (QED) is 0.857. The maximum Gasteiger partial charge on any atom is 0.226 e. The molecule has 0 amide bonds. The lowest BCUT2D eigenvalue weighted by molar-refractivity contribution is 0.152. The van der Waals surface area contributed by atoms with Crippen molar-refractivity contribution in [1.29, 1.82) is 0 Å². The van der Waals surface area contributed by atoms with E-state index in [0.29, 0.717) is 24.3 Å². The van der Waals surface area contributed by atoms with Gasteiger partial charge in [-0.25, -0.2) is 0 Å². The lowest BCUT2D eigenvalue weighted by Crippen LogP contribution is -2.40. The Kier molecular flexibility index (Phi) is 5.20. The molecule has 112 valence electrons. The third-order valence-electron chi connectivity index (χ3n) is 3.66. The smallest absolute Gasteiger partial charge is 0.226 e. The van der Waals surface area contributed by atoms with Crippen LogP contribution in [-0.4, -0.2) is 35.7 Å². The van der Waals surface area contributed by atoms with Crippen LogP contribution in [0.25, 0.3) is 0 Å². The van der Waals surface area contributed by atoms with Gasteiger partial charge in [-0.1, -0.05) is 13.8 Å². The van der Waals surface area contributed by atoms with Crippen LogP contribution in [0.1, 0.15) is 32.4 Å². The van der Waals surface area contributed by atoms with Gasteiger partial charge in [-0.15, -0.1) is 0 Å². The van der Waals surface area contributed by atoms with Crippen LogP contribution in [0.3, 0.4) is 0 Å². The molecule has 1 aliphatic heterocycles. The fourth-order valence-corrected chi connectivity index (χ4v) is 2.61. The molecule has 0 saturated carbocycles. The Labute approximate surface area is 119 Å². The van der Waals surface area contributed by atoms with E-state index in [-0.39, 0.29) is 11.2 Å². The van der Waals surface area contributed by atoms with Gasteiger partial charge >= 0.3 is 0 Å². The van der Waals surface area contributed by atoms with Crippen LogP contribution in [-0.2, 0) is 6.54 Å². The molecule has 0 aliphatic carbocycles. The van der Waals surface area contributed by atoms with E-state index >= 15 is 0 Å². The molecule has 5 heteroatoms. The summed E-state index contributed by atoms with van der Waals surface area (Å²) in [5.74, 6) is 0.937. The first-order valence-electron chi connectivity index (χ1n) is 7.31. The van der Waals surface area contributed by atoms with Crippen LogP contribution in [0.15, 0.2) is 21.5 Å². The molecule has 5 nitrogen and oxygen atoms in total. The minimum atomic E-state index is -0.374. The summed E-state index contributed by atoms with van der Waals surface area (Å²) in [7, 11) is 0. The molecule has 1 atom stereocenters. The summed E-state index contributed by atoms with van der Waals surface area (Å²) in [6, 6.07) is 1.89. The van der Waals surface area contributed by atoms with Crippen molar-refractivity contribution in [2.24, 2.45) is 5.92 Å². The fraction of sp³-hybridized carbons (Fsp3) is 0.667. The van der Waals surface area contributed by atoms with E-state index in [4.69, 9.17) is 4.42 Å². The van der Waals surface area contributed by atoms with E-state index in [0.717, 1.165) is 25.9 Å². The van der Waals surface area contributed by atoms with Crippen LogP contribution in [0.5, 0.6) is 5.75 Å². The Morgan fingerprint density at radius 2 is 2.35 bits per heavy atom. The molecule has 0 spiro atoms. The summed E-state index contributed by atoms with van der Waals surface area (Å²) in [6.45, 7) is 8.03. The minimum absolute atomic E-state index is 0.327. The van der Waals surface area contributed by atoms with Gasteiger partial charge in [-0.2, -0.15) is 0 Å². The number of likely N-dealkylation sites (tertiary alicyclic amines) is 1. The van der Waals surface area contributed by atoms with Crippen molar-refractivity contribution in [1.82, 2.24) is 10.2 Å². The SMILES string of the molecule is CC(C)NCC1CCCN(Cc2cc(=O)c(O)co2)C1. The zero-order chi connectivity index (χ0) is 14.5. The van der Waals surface area contributed by atoms with Gasteiger partial charge in [0.15, 0.2) is 5.75 Å². The first kappa shape index (κ1) is 15.1. The van der Waals surface area contributed by atoms with E-state index in [1.165, 1.54) is 18.9 Å². The third kappa shape index (κ3) is 4.35. The zero-order valence-corrected chi connectivity index (χ0v) is 12.3. The number of nitrogens with zero attached hydrogens (tertiary/aromatic N) is 1. The van der Waals surface area contributed by atoms with Crippen molar-refractivity contribution in [2.45, 2.75) is 39.3 Å². The summed E-state index contributed by atoms with van der Waals surface area (Å²) < 4.78 is 5.27. The van der Waals surface area contributed by atoms with Gasteiger partial charge in [-0.05, 0) is 31.8 Å². The molecule has 2 heterocycles. The molecule has 1 fully saturated rings. The average Bonchev–Trinajstić information content (AvgIpc) is 2.41. The molecule has 0 radical (unpaired) electrons. The highest BCUT2D eigenvalue weighted by molar-refractivity contribution is 5.15. The number of nitrogens with one attached hydrogen (secondary N) is 1. The molecule has 2 N–H and O–H groups in total. The third-order valence-corrected chi connectivity index (χ3v) is 3.66. The van der Waals surface area contributed by atoms with E-state index in [2.05, 4.69) is 24.1 Å². The second-order valence-corrected chi connectivity index (χ2v) is 5.90.